The number of nitrogens with zero attached hydrogens (tertiary/aromatic N) is 2. The van der Waals surface area contributed by atoms with E-state index < -0.39 is 0 Å². The largest absolute Gasteiger partial charge is 0.316 e. The number of piperazine rings is 1. The normalized spacial score (nSPS) is 25.2. The molecule has 0 spiro atoms. The van der Waals surface area contributed by atoms with E-state index >= 15 is 0 Å². The Kier molecular flexibility index (Phi) is 4.58. The van der Waals surface area contributed by atoms with E-state index in [4.69, 9.17) is 0 Å². The van der Waals surface area contributed by atoms with Crippen LogP contribution in [0.15, 0.2) is 12.2 Å². The van der Waals surface area contributed by atoms with E-state index in [1.807, 2.05) is 7.05 Å². The van der Waals surface area contributed by atoms with Gasteiger partial charge in [0.25, 0.3) is 0 Å². The molecule has 1 heterocycles. The van der Waals surface area contributed by atoms with Crippen molar-refractivity contribution >= 4 is 0 Å². The van der Waals surface area contributed by atoms with Gasteiger partial charge in [0.1, 0.15) is 0 Å². The molecule has 82 valence electrons. The van der Waals surface area contributed by atoms with Crippen molar-refractivity contribution in [1.82, 2.24) is 15.1 Å². The van der Waals surface area contributed by atoms with E-state index in [2.05, 4.69) is 35.7 Å². The van der Waals surface area contributed by atoms with Crippen molar-refractivity contribution in [2.24, 2.45) is 0 Å². The summed E-state index contributed by atoms with van der Waals surface area (Å²) in [5.74, 6) is 0. The van der Waals surface area contributed by atoms with Crippen molar-refractivity contribution in [2.45, 2.75) is 13.0 Å². The summed E-state index contributed by atoms with van der Waals surface area (Å²) in [4.78, 5) is 4.90. The van der Waals surface area contributed by atoms with Crippen molar-refractivity contribution in [3.63, 3.8) is 0 Å². The van der Waals surface area contributed by atoms with Crippen LogP contribution in [-0.4, -0.2) is 62.7 Å². The molecule has 14 heavy (non-hydrogen) atoms. The molecule has 1 aliphatic heterocycles. The van der Waals surface area contributed by atoms with Crippen molar-refractivity contribution < 1.29 is 0 Å². The number of hydrogen-bond acceptors (Lipinski definition) is 3. The van der Waals surface area contributed by atoms with Gasteiger partial charge in [-0.1, -0.05) is 6.58 Å². The van der Waals surface area contributed by atoms with Gasteiger partial charge in [-0.05, 0) is 26.6 Å². The Morgan fingerprint density at radius 3 is 2.79 bits per heavy atom. The smallest absolute Gasteiger partial charge is 0.0206 e. The van der Waals surface area contributed by atoms with Gasteiger partial charge in [0, 0.05) is 38.8 Å². The Hall–Kier alpha value is -0.380. The molecule has 0 radical (unpaired) electrons. The van der Waals surface area contributed by atoms with Crippen molar-refractivity contribution in [3.05, 3.63) is 12.2 Å². The molecule has 3 heteroatoms. The first kappa shape index (κ1) is 11.7. The van der Waals surface area contributed by atoms with Gasteiger partial charge in [-0.3, -0.25) is 4.90 Å². The first-order valence-electron chi connectivity index (χ1n) is 5.37. The Balaban J connectivity index is 2.33. The third-order valence-corrected chi connectivity index (χ3v) is 2.82. The van der Waals surface area contributed by atoms with Crippen LogP contribution < -0.4 is 5.32 Å². The lowest BCUT2D eigenvalue weighted by Crippen LogP contribution is -2.51. The van der Waals surface area contributed by atoms with Crippen LogP contribution in [0.2, 0.25) is 0 Å². The monoisotopic (exact) mass is 197 g/mol. The zero-order valence-electron chi connectivity index (χ0n) is 9.71. The highest BCUT2D eigenvalue weighted by Gasteiger charge is 2.21. The summed E-state index contributed by atoms with van der Waals surface area (Å²) in [5, 5.41) is 3.14. The van der Waals surface area contributed by atoms with E-state index in [9.17, 15) is 0 Å². The predicted octanol–water partition coefficient (Wildman–Crippen LogP) is 0.398. The van der Waals surface area contributed by atoms with Gasteiger partial charge in [-0.15, -0.1) is 0 Å². The summed E-state index contributed by atoms with van der Waals surface area (Å²) < 4.78 is 0. The molecule has 1 aliphatic rings. The fourth-order valence-electron chi connectivity index (χ4n) is 2.01. The van der Waals surface area contributed by atoms with Gasteiger partial charge < -0.3 is 10.2 Å². The molecule has 0 aromatic heterocycles. The Morgan fingerprint density at radius 1 is 1.50 bits per heavy atom. The number of likely N-dealkylation sites (N-methyl/N-ethyl adjacent to an activating group) is 2. The quantitative estimate of drug-likeness (QED) is 0.658. The standard InChI is InChI=1S/C11H23N3/c1-10(7-12-3)8-14-6-5-13(4)9-11(14)2/h11-12H,1,5-9H2,2-4H3. The molecule has 1 atom stereocenters. The Labute approximate surface area is 87.8 Å². The van der Waals surface area contributed by atoms with Crippen LogP contribution in [0, 0.1) is 0 Å². The molecule has 0 aromatic rings. The highest BCUT2D eigenvalue weighted by atomic mass is 15.3. The maximum Gasteiger partial charge on any atom is 0.0206 e. The average Bonchev–Trinajstić information content (AvgIpc) is 2.10. The molecule has 0 aromatic carbocycles. The van der Waals surface area contributed by atoms with Crippen LogP contribution in [0.1, 0.15) is 6.92 Å². The SMILES string of the molecule is C=C(CNC)CN1CCN(C)CC1C. The first-order valence-corrected chi connectivity index (χ1v) is 5.37. The molecule has 1 N–H and O–H groups in total. The fraction of sp³-hybridized carbons (Fsp3) is 0.818. The van der Waals surface area contributed by atoms with Crippen molar-refractivity contribution in [3.8, 4) is 0 Å². The summed E-state index contributed by atoms with van der Waals surface area (Å²) in [7, 11) is 4.16. The van der Waals surface area contributed by atoms with E-state index in [1.165, 1.54) is 25.2 Å². The van der Waals surface area contributed by atoms with Crippen LogP contribution in [-0.2, 0) is 0 Å². The Morgan fingerprint density at radius 2 is 2.21 bits per heavy atom. The minimum Gasteiger partial charge on any atom is -0.316 e. The summed E-state index contributed by atoms with van der Waals surface area (Å²) in [6.07, 6.45) is 0. The minimum absolute atomic E-state index is 0.655. The van der Waals surface area contributed by atoms with E-state index in [0.29, 0.717) is 6.04 Å². The van der Waals surface area contributed by atoms with Gasteiger partial charge in [0.2, 0.25) is 0 Å². The maximum atomic E-state index is 4.07. The topological polar surface area (TPSA) is 18.5 Å². The van der Waals surface area contributed by atoms with Crippen LogP contribution in [0.4, 0.5) is 0 Å². The maximum absolute atomic E-state index is 4.07. The Bertz CT molecular complexity index is 191. The van der Waals surface area contributed by atoms with Crippen LogP contribution in [0.5, 0.6) is 0 Å². The van der Waals surface area contributed by atoms with Crippen molar-refractivity contribution in [1.29, 1.82) is 0 Å². The van der Waals surface area contributed by atoms with Gasteiger partial charge >= 0.3 is 0 Å². The molecule has 1 unspecified atom stereocenters. The van der Waals surface area contributed by atoms with Gasteiger partial charge in [0.15, 0.2) is 0 Å². The molecule has 0 amide bonds. The second-order valence-electron chi connectivity index (χ2n) is 4.36. The molecule has 0 saturated carbocycles. The summed E-state index contributed by atoms with van der Waals surface area (Å²) >= 11 is 0. The van der Waals surface area contributed by atoms with Crippen LogP contribution >= 0.6 is 0 Å². The molecule has 1 rings (SSSR count). The van der Waals surface area contributed by atoms with Gasteiger partial charge in [-0.2, -0.15) is 0 Å². The molecule has 0 bridgehead atoms. The fourth-order valence-corrected chi connectivity index (χ4v) is 2.01. The third kappa shape index (κ3) is 3.40. The lowest BCUT2D eigenvalue weighted by molar-refractivity contribution is 0.109. The summed E-state index contributed by atoms with van der Waals surface area (Å²) in [5.41, 5.74) is 1.28. The number of hydrogen-bond donors (Lipinski definition) is 1. The minimum atomic E-state index is 0.655. The van der Waals surface area contributed by atoms with E-state index in [-0.39, 0.29) is 0 Å². The van der Waals surface area contributed by atoms with E-state index in [1.54, 1.807) is 0 Å². The lowest BCUT2D eigenvalue weighted by Gasteiger charge is -2.38. The summed E-state index contributed by atoms with van der Waals surface area (Å²) in [6, 6.07) is 0.655. The molecule has 0 aliphatic carbocycles. The molecule has 3 nitrogen and oxygen atoms in total. The highest BCUT2D eigenvalue weighted by molar-refractivity contribution is 5.01. The van der Waals surface area contributed by atoms with Crippen molar-refractivity contribution in [2.75, 3.05) is 46.8 Å². The van der Waals surface area contributed by atoms with Gasteiger partial charge in [0.05, 0.1) is 0 Å². The zero-order valence-corrected chi connectivity index (χ0v) is 9.71. The third-order valence-electron chi connectivity index (χ3n) is 2.82. The second kappa shape index (κ2) is 5.49. The first-order chi connectivity index (χ1) is 6.63. The van der Waals surface area contributed by atoms with E-state index in [0.717, 1.165) is 13.1 Å². The zero-order chi connectivity index (χ0) is 10.6. The number of nitrogens with one attached hydrogen (secondary N) is 1. The predicted molar refractivity (Wildman–Crippen MR) is 61.6 cm³/mol. The lowest BCUT2D eigenvalue weighted by atomic mass is 10.1. The molecule has 1 fully saturated rings. The highest BCUT2D eigenvalue weighted by Crippen LogP contribution is 2.09. The molecule has 1 saturated heterocycles. The second-order valence-corrected chi connectivity index (χ2v) is 4.36. The molecular weight excluding hydrogens is 174 g/mol. The van der Waals surface area contributed by atoms with Crippen LogP contribution in [0.3, 0.4) is 0 Å². The molecular formula is C11H23N3. The van der Waals surface area contributed by atoms with Crippen LogP contribution in [0.25, 0.3) is 0 Å². The van der Waals surface area contributed by atoms with Gasteiger partial charge in [-0.25, -0.2) is 0 Å². The number of rotatable bonds is 4. The summed E-state index contributed by atoms with van der Waals surface area (Å²) in [6.45, 7) is 11.9. The average molecular weight is 197 g/mol.